The highest BCUT2D eigenvalue weighted by molar-refractivity contribution is 5.82. The first-order chi connectivity index (χ1) is 13.5. The maximum atomic E-state index is 13.9. The molecular formula is C20H26F2N4O2. The van der Waals surface area contributed by atoms with E-state index in [2.05, 4.69) is 15.5 Å². The molecular weight excluding hydrogens is 366 g/mol. The largest absolute Gasteiger partial charge is 0.342 e. The predicted octanol–water partition coefficient (Wildman–Crippen LogP) is 0.878. The fourth-order valence-corrected chi connectivity index (χ4v) is 4.61. The van der Waals surface area contributed by atoms with E-state index in [0.29, 0.717) is 36.9 Å². The van der Waals surface area contributed by atoms with Gasteiger partial charge >= 0.3 is 0 Å². The second kappa shape index (κ2) is 7.75. The van der Waals surface area contributed by atoms with Crippen molar-refractivity contribution in [3.8, 4) is 0 Å². The summed E-state index contributed by atoms with van der Waals surface area (Å²) in [5, 5.41) is 5.90. The molecule has 2 N–H and O–H groups in total. The number of amides is 2. The molecule has 3 fully saturated rings. The summed E-state index contributed by atoms with van der Waals surface area (Å²) in [5.74, 6) is -0.342. The highest BCUT2D eigenvalue weighted by Crippen LogP contribution is 2.32. The number of benzene rings is 1. The molecule has 2 amide bonds. The molecule has 3 aliphatic heterocycles. The molecule has 1 aromatic carbocycles. The molecule has 1 aromatic rings. The lowest BCUT2D eigenvalue weighted by Crippen LogP contribution is -2.67. The number of carbonyl (C=O) groups is 2. The van der Waals surface area contributed by atoms with Gasteiger partial charge in [0, 0.05) is 26.2 Å². The molecule has 0 aliphatic carbocycles. The number of rotatable bonds is 4. The van der Waals surface area contributed by atoms with Gasteiger partial charge in [-0.25, -0.2) is 8.78 Å². The first-order valence-corrected chi connectivity index (χ1v) is 9.92. The van der Waals surface area contributed by atoms with Gasteiger partial charge in [-0.3, -0.25) is 19.8 Å². The highest BCUT2D eigenvalue weighted by Gasteiger charge is 2.46. The van der Waals surface area contributed by atoms with Crippen molar-refractivity contribution < 1.29 is 18.4 Å². The van der Waals surface area contributed by atoms with Crippen LogP contribution in [0.1, 0.15) is 18.9 Å². The van der Waals surface area contributed by atoms with Gasteiger partial charge in [-0.05, 0) is 29.9 Å². The van der Waals surface area contributed by atoms with Crippen LogP contribution in [0, 0.1) is 17.7 Å². The van der Waals surface area contributed by atoms with Crippen LogP contribution in [0.3, 0.4) is 0 Å². The van der Waals surface area contributed by atoms with Crippen LogP contribution in [0.2, 0.25) is 0 Å². The number of nitrogens with one attached hydrogen (secondary N) is 2. The SMILES string of the molecule is CCC1NC(N2CC3CN(C(=O)Cc4ccccc4F)CC3C2)NC(=O)C1F. The molecule has 5 unspecified atom stereocenters. The molecule has 8 heteroatoms. The molecule has 3 heterocycles. The highest BCUT2D eigenvalue weighted by atomic mass is 19.1. The average molecular weight is 392 g/mol. The summed E-state index contributed by atoms with van der Waals surface area (Å²) in [4.78, 5) is 28.4. The average Bonchev–Trinajstić information content (AvgIpc) is 3.25. The Morgan fingerprint density at radius 3 is 2.50 bits per heavy atom. The predicted molar refractivity (Wildman–Crippen MR) is 99.3 cm³/mol. The van der Waals surface area contributed by atoms with Gasteiger partial charge in [-0.15, -0.1) is 0 Å². The number of likely N-dealkylation sites (tertiary alicyclic amines) is 2. The second-order valence-corrected chi connectivity index (χ2v) is 8.04. The maximum Gasteiger partial charge on any atom is 0.258 e. The van der Waals surface area contributed by atoms with Crippen molar-refractivity contribution >= 4 is 11.8 Å². The fourth-order valence-electron chi connectivity index (χ4n) is 4.61. The third-order valence-corrected chi connectivity index (χ3v) is 6.23. The van der Waals surface area contributed by atoms with E-state index < -0.39 is 18.1 Å². The molecule has 6 nitrogen and oxygen atoms in total. The number of nitrogens with zero attached hydrogens (tertiary/aromatic N) is 2. The van der Waals surface area contributed by atoms with Crippen molar-refractivity contribution in [3.63, 3.8) is 0 Å². The van der Waals surface area contributed by atoms with Crippen LogP contribution in [0.15, 0.2) is 24.3 Å². The first-order valence-electron chi connectivity index (χ1n) is 9.92. The van der Waals surface area contributed by atoms with Gasteiger partial charge in [0.15, 0.2) is 6.17 Å². The third-order valence-electron chi connectivity index (χ3n) is 6.23. The summed E-state index contributed by atoms with van der Waals surface area (Å²) >= 11 is 0. The van der Waals surface area contributed by atoms with Gasteiger partial charge < -0.3 is 10.2 Å². The molecule has 28 heavy (non-hydrogen) atoms. The van der Waals surface area contributed by atoms with Gasteiger partial charge in [-0.2, -0.15) is 0 Å². The lowest BCUT2D eigenvalue weighted by molar-refractivity contribution is -0.133. The molecule has 0 radical (unpaired) electrons. The van der Waals surface area contributed by atoms with Crippen molar-refractivity contribution in [2.24, 2.45) is 11.8 Å². The number of alkyl halides is 1. The Hall–Kier alpha value is -2.06. The summed E-state index contributed by atoms with van der Waals surface area (Å²) < 4.78 is 27.7. The van der Waals surface area contributed by atoms with Gasteiger partial charge in [0.05, 0.1) is 12.5 Å². The van der Waals surface area contributed by atoms with Crippen LogP contribution in [-0.2, 0) is 16.0 Å². The molecule has 0 saturated carbocycles. The van der Waals surface area contributed by atoms with Crippen LogP contribution >= 0.6 is 0 Å². The summed E-state index contributed by atoms with van der Waals surface area (Å²) in [7, 11) is 0. The second-order valence-electron chi connectivity index (χ2n) is 8.04. The summed E-state index contributed by atoms with van der Waals surface area (Å²) in [6, 6.07) is 5.89. The molecule has 4 rings (SSSR count). The van der Waals surface area contributed by atoms with Crippen LogP contribution < -0.4 is 10.6 Å². The van der Waals surface area contributed by atoms with E-state index in [1.54, 1.807) is 18.2 Å². The molecule has 0 aromatic heterocycles. The minimum Gasteiger partial charge on any atom is -0.342 e. The lowest BCUT2D eigenvalue weighted by atomic mass is 10.0. The van der Waals surface area contributed by atoms with Crippen LogP contribution in [-0.4, -0.2) is 66.3 Å². The van der Waals surface area contributed by atoms with E-state index in [1.165, 1.54) is 6.07 Å². The molecule has 152 valence electrons. The zero-order chi connectivity index (χ0) is 19.8. The summed E-state index contributed by atoms with van der Waals surface area (Å²) in [6.45, 7) is 4.60. The Labute approximate surface area is 163 Å². The lowest BCUT2D eigenvalue weighted by Gasteiger charge is -2.38. The quantitative estimate of drug-likeness (QED) is 0.799. The molecule has 0 bridgehead atoms. The van der Waals surface area contributed by atoms with Crippen molar-refractivity contribution in [3.05, 3.63) is 35.6 Å². The first kappa shape index (κ1) is 19.3. The topological polar surface area (TPSA) is 64.7 Å². The smallest absolute Gasteiger partial charge is 0.258 e. The zero-order valence-electron chi connectivity index (χ0n) is 15.9. The van der Waals surface area contributed by atoms with Gasteiger partial charge in [0.25, 0.3) is 5.91 Å². The van der Waals surface area contributed by atoms with Crippen molar-refractivity contribution in [2.75, 3.05) is 26.2 Å². The number of carbonyl (C=O) groups excluding carboxylic acids is 2. The van der Waals surface area contributed by atoms with Gasteiger partial charge in [0.1, 0.15) is 12.1 Å². The fraction of sp³-hybridized carbons (Fsp3) is 0.600. The van der Waals surface area contributed by atoms with E-state index >= 15 is 0 Å². The molecule has 5 atom stereocenters. The standard InChI is InChI=1S/C20H26F2N4O2/c1-2-16-18(22)19(28)24-20(23-16)26-10-13-8-25(9-14(13)11-26)17(27)7-12-5-3-4-6-15(12)21/h3-6,13-14,16,18,20,23H,2,7-11H2,1H3,(H,24,28). The van der Waals surface area contributed by atoms with Crippen molar-refractivity contribution in [1.82, 2.24) is 20.4 Å². The number of hydrogen-bond acceptors (Lipinski definition) is 4. The number of hydrogen-bond donors (Lipinski definition) is 2. The van der Waals surface area contributed by atoms with Gasteiger partial charge in [-0.1, -0.05) is 25.1 Å². The summed E-state index contributed by atoms with van der Waals surface area (Å²) in [5.41, 5.74) is 0.423. The summed E-state index contributed by atoms with van der Waals surface area (Å²) in [6.07, 6.45) is -1.26. The van der Waals surface area contributed by atoms with E-state index in [-0.39, 0.29) is 24.4 Å². The van der Waals surface area contributed by atoms with Gasteiger partial charge in [0.2, 0.25) is 5.91 Å². The Kier molecular flexibility index (Phi) is 5.33. The third kappa shape index (κ3) is 3.63. The zero-order valence-corrected chi connectivity index (χ0v) is 15.9. The van der Waals surface area contributed by atoms with E-state index in [0.717, 1.165) is 13.1 Å². The molecule has 0 spiro atoms. The Morgan fingerprint density at radius 2 is 1.86 bits per heavy atom. The van der Waals surface area contributed by atoms with E-state index in [9.17, 15) is 18.4 Å². The van der Waals surface area contributed by atoms with Crippen LogP contribution in [0.4, 0.5) is 8.78 Å². The van der Waals surface area contributed by atoms with Crippen molar-refractivity contribution in [2.45, 2.75) is 38.3 Å². The minimum absolute atomic E-state index is 0.0542. The Morgan fingerprint density at radius 1 is 1.18 bits per heavy atom. The maximum absolute atomic E-state index is 13.9. The van der Waals surface area contributed by atoms with Crippen LogP contribution in [0.5, 0.6) is 0 Å². The normalized spacial score (nSPS) is 33.0. The Bertz CT molecular complexity index is 747. The Balaban J connectivity index is 1.33. The molecule has 3 saturated heterocycles. The minimum atomic E-state index is -1.52. The van der Waals surface area contributed by atoms with Crippen molar-refractivity contribution in [1.29, 1.82) is 0 Å². The molecule has 3 aliphatic rings. The van der Waals surface area contributed by atoms with E-state index in [1.807, 2.05) is 11.8 Å². The van der Waals surface area contributed by atoms with E-state index in [4.69, 9.17) is 0 Å². The monoisotopic (exact) mass is 392 g/mol. The number of fused-ring (bicyclic) bond motifs is 1. The number of halogens is 2. The van der Waals surface area contributed by atoms with Crippen LogP contribution in [0.25, 0.3) is 0 Å².